The number of sulfonamides is 1. The smallest absolute Gasteiger partial charge is 0.241 e. The maximum Gasteiger partial charge on any atom is 0.241 e. The molecule has 5 nitrogen and oxygen atoms in total. The highest BCUT2D eigenvalue weighted by Crippen LogP contribution is 2.28. The molecule has 1 aromatic carbocycles. The first-order valence-corrected chi connectivity index (χ1v) is 9.47. The van der Waals surface area contributed by atoms with Crippen molar-refractivity contribution in [1.82, 2.24) is 4.72 Å². The third-order valence-corrected chi connectivity index (χ3v) is 5.93. The lowest BCUT2D eigenvalue weighted by Gasteiger charge is -2.23. The molecule has 0 radical (unpaired) electrons. The highest BCUT2D eigenvalue weighted by molar-refractivity contribution is 7.98. The third-order valence-electron chi connectivity index (χ3n) is 3.33. The van der Waals surface area contributed by atoms with Crippen molar-refractivity contribution in [2.45, 2.75) is 38.2 Å². The molecule has 0 saturated carbocycles. The Hall–Kier alpha value is -0.760. The first-order valence-electron chi connectivity index (χ1n) is 6.59. The third kappa shape index (κ3) is 4.35. The monoisotopic (exact) mass is 332 g/mol. The van der Waals surface area contributed by atoms with Crippen molar-refractivity contribution in [3.05, 3.63) is 22.8 Å². The van der Waals surface area contributed by atoms with Crippen molar-refractivity contribution in [1.29, 1.82) is 0 Å². The molecule has 0 aliphatic heterocycles. The van der Waals surface area contributed by atoms with E-state index >= 15 is 0 Å². The van der Waals surface area contributed by atoms with Gasteiger partial charge in [0.05, 0.1) is 10.5 Å². The average molecular weight is 332 g/mol. The topological polar surface area (TPSA) is 92.4 Å². The standard InChI is InChI=1S/C14H24N2O3S2/c1-9-6-10(2)13(11(3)12(9)15)21(18,19)16-7-14(4,17)8-20-5/h6,16-17H,7-8,15H2,1-5H3. The molecule has 1 atom stereocenters. The van der Waals surface area contributed by atoms with E-state index in [9.17, 15) is 13.5 Å². The highest BCUT2D eigenvalue weighted by Gasteiger charge is 2.26. The van der Waals surface area contributed by atoms with Crippen molar-refractivity contribution >= 4 is 27.5 Å². The number of nitrogen functional groups attached to an aromatic ring is 1. The van der Waals surface area contributed by atoms with Gasteiger partial charge in [-0.15, -0.1) is 0 Å². The second-order valence-electron chi connectivity index (χ2n) is 5.63. The molecule has 120 valence electrons. The van der Waals surface area contributed by atoms with Gasteiger partial charge in [0.15, 0.2) is 0 Å². The predicted molar refractivity (Wildman–Crippen MR) is 89.3 cm³/mol. The molecular formula is C14H24N2O3S2. The molecule has 0 aliphatic rings. The zero-order valence-corrected chi connectivity index (χ0v) is 14.8. The summed E-state index contributed by atoms with van der Waals surface area (Å²) >= 11 is 1.46. The fraction of sp³-hybridized carbons (Fsp3) is 0.571. The van der Waals surface area contributed by atoms with E-state index < -0.39 is 15.6 Å². The predicted octanol–water partition coefficient (Wildman–Crippen LogP) is 1.59. The summed E-state index contributed by atoms with van der Waals surface area (Å²) in [5, 5.41) is 10.1. The van der Waals surface area contributed by atoms with Crippen LogP contribution in [0, 0.1) is 20.8 Å². The molecule has 1 unspecified atom stereocenters. The number of anilines is 1. The Morgan fingerprint density at radius 2 is 1.90 bits per heavy atom. The summed E-state index contributed by atoms with van der Waals surface area (Å²) in [5.74, 6) is 0.448. The molecule has 21 heavy (non-hydrogen) atoms. The number of nitrogens with one attached hydrogen (secondary N) is 1. The van der Waals surface area contributed by atoms with Crippen LogP contribution >= 0.6 is 11.8 Å². The summed E-state index contributed by atoms with van der Waals surface area (Å²) in [4.78, 5) is 0.200. The van der Waals surface area contributed by atoms with E-state index in [0.717, 1.165) is 5.56 Å². The summed E-state index contributed by atoms with van der Waals surface area (Å²) in [7, 11) is -3.71. The number of aryl methyl sites for hydroxylation is 2. The first kappa shape index (κ1) is 18.3. The molecule has 1 aromatic rings. The van der Waals surface area contributed by atoms with Gasteiger partial charge < -0.3 is 10.8 Å². The lowest BCUT2D eigenvalue weighted by molar-refractivity contribution is 0.0908. The molecule has 0 spiro atoms. The van der Waals surface area contributed by atoms with E-state index in [1.807, 2.05) is 13.2 Å². The first-order chi connectivity index (χ1) is 9.52. The minimum absolute atomic E-state index is 0.0389. The number of benzene rings is 1. The lowest BCUT2D eigenvalue weighted by Crippen LogP contribution is -2.42. The van der Waals surface area contributed by atoms with Gasteiger partial charge in [-0.1, -0.05) is 6.07 Å². The van der Waals surface area contributed by atoms with Gasteiger partial charge in [0.1, 0.15) is 0 Å². The van der Waals surface area contributed by atoms with Crippen LogP contribution in [0.5, 0.6) is 0 Å². The number of hydrogen-bond donors (Lipinski definition) is 3. The Morgan fingerprint density at radius 3 is 2.43 bits per heavy atom. The van der Waals surface area contributed by atoms with Crippen LogP contribution in [0.1, 0.15) is 23.6 Å². The van der Waals surface area contributed by atoms with Gasteiger partial charge in [-0.3, -0.25) is 0 Å². The van der Waals surface area contributed by atoms with E-state index in [4.69, 9.17) is 5.73 Å². The van der Waals surface area contributed by atoms with Crippen LogP contribution in [-0.4, -0.2) is 37.7 Å². The van der Waals surface area contributed by atoms with Crippen molar-refractivity contribution in [3.8, 4) is 0 Å². The van der Waals surface area contributed by atoms with Crippen molar-refractivity contribution < 1.29 is 13.5 Å². The number of rotatable bonds is 6. The molecular weight excluding hydrogens is 308 g/mol. The molecule has 4 N–H and O–H groups in total. The van der Waals surface area contributed by atoms with E-state index in [-0.39, 0.29) is 11.4 Å². The van der Waals surface area contributed by atoms with Crippen molar-refractivity contribution in [3.63, 3.8) is 0 Å². The van der Waals surface area contributed by atoms with Crippen LogP contribution in [0.4, 0.5) is 5.69 Å². The SMILES string of the molecule is CSCC(C)(O)CNS(=O)(=O)c1c(C)cc(C)c(N)c1C. The van der Waals surface area contributed by atoms with Gasteiger partial charge in [0.2, 0.25) is 10.0 Å². The summed E-state index contributed by atoms with van der Waals surface area (Å²) in [5.41, 5.74) is 7.38. The van der Waals surface area contributed by atoms with Crippen LogP contribution in [0.3, 0.4) is 0 Å². The van der Waals surface area contributed by atoms with Crippen LogP contribution < -0.4 is 10.5 Å². The van der Waals surface area contributed by atoms with Gasteiger partial charge in [-0.05, 0) is 50.6 Å². The summed E-state index contributed by atoms with van der Waals surface area (Å²) in [6.07, 6.45) is 1.86. The van der Waals surface area contributed by atoms with Crippen LogP contribution in [-0.2, 0) is 10.0 Å². The molecule has 0 heterocycles. The Kier molecular flexibility index (Phi) is 5.71. The molecule has 7 heteroatoms. The summed E-state index contributed by atoms with van der Waals surface area (Å²) < 4.78 is 27.5. The van der Waals surface area contributed by atoms with Crippen LogP contribution in [0.2, 0.25) is 0 Å². The number of hydrogen-bond acceptors (Lipinski definition) is 5. The minimum atomic E-state index is -3.71. The second kappa shape index (κ2) is 6.56. The minimum Gasteiger partial charge on any atom is -0.398 e. The molecule has 0 amide bonds. The largest absolute Gasteiger partial charge is 0.398 e. The van der Waals surface area contributed by atoms with Crippen LogP contribution in [0.25, 0.3) is 0 Å². The fourth-order valence-corrected chi connectivity index (χ4v) is 4.65. The average Bonchev–Trinajstić information content (AvgIpc) is 2.34. The van der Waals surface area contributed by atoms with Crippen molar-refractivity contribution in [2.24, 2.45) is 0 Å². The molecule has 0 fully saturated rings. The zero-order chi connectivity index (χ0) is 16.4. The maximum atomic E-state index is 12.5. The van der Waals surface area contributed by atoms with Gasteiger partial charge in [0, 0.05) is 18.0 Å². The Balaban J connectivity index is 3.13. The van der Waals surface area contributed by atoms with Crippen LogP contribution in [0.15, 0.2) is 11.0 Å². The van der Waals surface area contributed by atoms with Gasteiger partial charge >= 0.3 is 0 Å². The normalized spacial score (nSPS) is 15.0. The van der Waals surface area contributed by atoms with Gasteiger partial charge in [-0.2, -0.15) is 11.8 Å². The molecule has 1 rings (SSSR count). The number of thioether (sulfide) groups is 1. The Morgan fingerprint density at radius 1 is 1.33 bits per heavy atom. The zero-order valence-electron chi connectivity index (χ0n) is 13.1. The second-order valence-corrected chi connectivity index (χ2v) is 8.20. The summed E-state index contributed by atoms with van der Waals surface area (Å²) in [6, 6.07) is 1.76. The summed E-state index contributed by atoms with van der Waals surface area (Å²) in [6.45, 7) is 6.86. The molecule has 0 saturated heterocycles. The van der Waals surface area contributed by atoms with E-state index in [1.54, 1.807) is 26.8 Å². The quantitative estimate of drug-likeness (QED) is 0.688. The van der Waals surface area contributed by atoms with Crippen molar-refractivity contribution in [2.75, 3.05) is 24.3 Å². The molecule has 0 aliphatic carbocycles. The highest BCUT2D eigenvalue weighted by atomic mass is 32.2. The molecule has 0 bridgehead atoms. The number of nitrogens with two attached hydrogens (primary N) is 1. The molecule has 0 aromatic heterocycles. The van der Waals surface area contributed by atoms with Gasteiger partial charge in [-0.25, -0.2) is 13.1 Å². The Bertz CT molecular complexity index is 626. The van der Waals surface area contributed by atoms with Gasteiger partial charge in [0.25, 0.3) is 0 Å². The Labute approximate surface area is 131 Å². The van der Waals surface area contributed by atoms with E-state index in [2.05, 4.69) is 4.72 Å². The fourth-order valence-electron chi connectivity index (χ4n) is 2.28. The van der Waals surface area contributed by atoms with E-state index in [0.29, 0.717) is 22.6 Å². The number of aliphatic hydroxyl groups is 1. The maximum absolute atomic E-state index is 12.5. The lowest BCUT2D eigenvalue weighted by atomic mass is 10.1. The van der Waals surface area contributed by atoms with E-state index in [1.165, 1.54) is 11.8 Å².